The van der Waals surface area contributed by atoms with Gasteiger partial charge in [-0.2, -0.15) is 8.42 Å². The van der Waals surface area contributed by atoms with Crippen molar-refractivity contribution in [2.24, 2.45) is 11.8 Å². The fraction of sp³-hybridized carbons (Fsp3) is 0.735. The predicted octanol–water partition coefficient (Wildman–Crippen LogP) is 4.34. The van der Waals surface area contributed by atoms with E-state index in [9.17, 15) is 27.9 Å². The molecule has 2 aliphatic heterocycles. The smallest absolute Gasteiger partial charge is 0.410 e. The molecule has 1 aliphatic carbocycles. The number of nitrogens with one attached hydrogen (secondary N) is 2. The fourth-order valence-electron chi connectivity index (χ4n) is 6.17. The van der Waals surface area contributed by atoms with E-state index >= 15 is 0 Å². The Balaban J connectivity index is 0.000000319. The molecule has 1 aromatic rings. The van der Waals surface area contributed by atoms with Gasteiger partial charge in [0.25, 0.3) is 10.1 Å². The summed E-state index contributed by atoms with van der Waals surface area (Å²) < 4.78 is 49.0. The molecular formula is C34H55N3O11S. The molecule has 0 aromatic heterocycles. The second-order valence-electron chi connectivity index (χ2n) is 14.8. The van der Waals surface area contributed by atoms with Gasteiger partial charge in [0, 0.05) is 37.1 Å². The standard InChI is InChI=1S/C21H32N2O8S.C13H23NO3/c1-21(2,3)31-19(25)22-17(10-11-30-32(4,27)28)16-12-23(13-18(16)24)20(26)29-14-15-8-6-5-7-9-15;1-13(2,3)17-12(15)14-10-7-8-16-11-6-4-5-9(10)11/h5-9,16-18,24H,10-14H2,1-4H3,(H,22,25);9-11H,4-8H2,1-3H3,(H,14,15)/t16-,17-,18-;9-,10-,11-/m00/s1. The molecule has 3 aliphatic rings. The number of carbonyl (C=O) groups excluding carboxylic acids is 3. The average Bonchev–Trinajstić information content (AvgIpc) is 3.61. The number of benzene rings is 1. The lowest BCUT2D eigenvalue weighted by Crippen LogP contribution is -2.48. The Bertz CT molecular complexity index is 1330. The number of hydrogen-bond acceptors (Lipinski definition) is 11. The molecule has 2 heterocycles. The molecule has 6 atom stereocenters. The SMILES string of the molecule is CC(C)(C)OC(=O)N[C@@H](CCOS(C)(=O)=O)[C@@H]1CN(C(=O)OCc2ccccc2)C[C@@H]1O.CC(C)(C)OC(=O)N[C@H]1CCO[C@H]2CCC[C@@H]12. The highest BCUT2D eigenvalue weighted by atomic mass is 32.2. The van der Waals surface area contributed by atoms with Crippen LogP contribution in [0.5, 0.6) is 0 Å². The molecule has 4 rings (SSSR count). The minimum atomic E-state index is -3.66. The molecule has 14 nitrogen and oxygen atoms in total. The lowest BCUT2D eigenvalue weighted by Gasteiger charge is -2.34. The Kier molecular flexibility index (Phi) is 14.5. The highest BCUT2D eigenvalue weighted by Crippen LogP contribution is 2.35. The Hall–Kier alpha value is -3.14. The van der Waals surface area contributed by atoms with Crippen molar-refractivity contribution in [2.45, 2.75) is 116 Å². The van der Waals surface area contributed by atoms with E-state index < -0.39 is 51.6 Å². The molecule has 0 radical (unpaired) electrons. The number of alkyl carbamates (subject to hydrolysis) is 2. The Morgan fingerprint density at radius 3 is 2.27 bits per heavy atom. The van der Waals surface area contributed by atoms with Gasteiger partial charge in [0.05, 0.1) is 31.6 Å². The summed E-state index contributed by atoms with van der Waals surface area (Å²) in [6.07, 6.45) is 3.25. The maximum Gasteiger partial charge on any atom is 0.410 e. The number of nitrogens with zero attached hydrogens (tertiary/aromatic N) is 1. The monoisotopic (exact) mass is 713 g/mol. The normalized spacial score (nSPS) is 24.5. The van der Waals surface area contributed by atoms with Crippen LogP contribution in [-0.4, -0.2) is 105 Å². The Morgan fingerprint density at radius 2 is 1.63 bits per heavy atom. The zero-order valence-electron chi connectivity index (χ0n) is 29.8. The van der Waals surface area contributed by atoms with Gasteiger partial charge < -0.3 is 39.6 Å². The lowest BCUT2D eigenvalue weighted by molar-refractivity contribution is -0.0292. The molecule has 1 aromatic carbocycles. The van der Waals surface area contributed by atoms with Gasteiger partial charge in [0.15, 0.2) is 0 Å². The largest absolute Gasteiger partial charge is 0.445 e. The molecule has 15 heteroatoms. The zero-order chi connectivity index (χ0) is 36.4. The van der Waals surface area contributed by atoms with Crippen LogP contribution in [0.4, 0.5) is 14.4 Å². The first kappa shape index (κ1) is 40.3. The number of amides is 3. The number of carbonyl (C=O) groups is 3. The van der Waals surface area contributed by atoms with Crippen LogP contribution in [0.1, 0.15) is 79.2 Å². The van der Waals surface area contributed by atoms with E-state index in [2.05, 4.69) is 10.6 Å². The first-order valence-electron chi connectivity index (χ1n) is 16.9. The van der Waals surface area contributed by atoms with Crippen LogP contribution in [0.25, 0.3) is 0 Å². The summed E-state index contributed by atoms with van der Waals surface area (Å²) in [6, 6.07) is 8.74. The number of fused-ring (bicyclic) bond motifs is 1. The molecule has 278 valence electrons. The molecule has 0 bridgehead atoms. The van der Waals surface area contributed by atoms with Crippen molar-refractivity contribution in [1.29, 1.82) is 0 Å². The predicted molar refractivity (Wildman–Crippen MR) is 181 cm³/mol. The highest BCUT2D eigenvalue weighted by Gasteiger charge is 2.41. The van der Waals surface area contributed by atoms with Gasteiger partial charge in [0.1, 0.15) is 17.8 Å². The molecule has 0 unspecified atom stereocenters. The number of β-amino-alcohol motifs (C(OH)–C–C–N with tert-alkyl or cyclic N) is 1. The van der Waals surface area contributed by atoms with E-state index in [1.807, 2.05) is 51.1 Å². The number of rotatable bonds is 9. The van der Waals surface area contributed by atoms with Crippen molar-refractivity contribution < 1.29 is 51.0 Å². The van der Waals surface area contributed by atoms with Crippen molar-refractivity contribution in [3.05, 3.63) is 35.9 Å². The topological polar surface area (TPSA) is 179 Å². The minimum absolute atomic E-state index is 0.0255. The van der Waals surface area contributed by atoms with Gasteiger partial charge in [-0.05, 0) is 72.8 Å². The summed E-state index contributed by atoms with van der Waals surface area (Å²) >= 11 is 0. The molecule has 3 fully saturated rings. The van der Waals surface area contributed by atoms with Crippen LogP contribution in [0.15, 0.2) is 30.3 Å². The summed E-state index contributed by atoms with van der Waals surface area (Å²) in [6.45, 7) is 11.6. The summed E-state index contributed by atoms with van der Waals surface area (Å²) in [5.41, 5.74) is -0.330. The lowest BCUT2D eigenvalue weighted by atomic mass is 9.91. The third-order valence-electron chi connectivity index (χ3n) is 8.22. The van der Waals surface area contributed by atoms with E-state index in [1.54, 1.807) is 20.8 Å². The third kappa shape index (κ3) is 14.7. The van der Waals surface area contributed by atoms with E-state index in [0.29, 0.717) is 12.0 Å². The maximum absolute atomic E-state index is 12.5. The van der Waals surface area contributed by atoms with Crippen LogP contribution < -0.4 is 10.6 Å². The highest BCUT2D eigenvalue weighted by molar-refractivity contribution is 7.85. The summed E-state index contributed by atoms with van der Waals surface area (Å²) in [5.74, 6) is -0.0776. The third-order valence-corrected chi connectivity index (χ3v) is 8.82. The zero-order valence-corrected chi connectivity index (χ0v) is 30.6. The van der Waals surface area contributed by atoms with Gasteiger partial charge in [0.2, 0.25) is 0 Å². The molecule has 2 saturated heterocycles. The van der Waals surface area contributed by atoms with Gasteiger partial charge >= 0.3 is 18.3 Å². The van der Waals surface area contributed by atoms with E-state index in [4.69, 9.17) is 23.1 Å². The molecule has 49 heavy (non-hydrogen) atoms. The molecular weight excluding hydrogens is 658 g/mol. The fourth-order valence-corrected chi connectivity index (χ4v) is 6.57. The van der Waals surface area contributed by atoms with Gasteiger partial charge in [-0.1, -0.05) is 36.8 Å². The molecule has 3 N–H and O–H groups in total. The van der Waals surface area contributed by atoms with Crippen LogP contribution in [0.2, 0.25) is 0 Å². The number of likely N-dealkylation sites (tertiary alicyclic amines) is 1. The van der Waals surface area contributed by atoms with Crippen molar-refractivity contribution in [3.63, 3.8) is 0 Å². The molecule has 1 saturated carbocycles. The molecule has 0 spiro atoms. The van der Waals surface area contributed by atoms with Crippen LogP contribution in [0, 0.1) is 11.8 Å². The van der Waals surface area contributed by atoms with Crippen molar-refractivity contribution >= 4 is 28.4 Å². The maximum atomic E-state index is 12.5. The summed E-state index contributed by atoms with van der Waals surface area (Å²) in [4.78, 5) is 37.9. The van der Waals surface area contributed by atoms with Crippen LogP contribution >= 0.6 is 0 Å². The minimum Gasteiger partial charge on any atom is -0.445 e. The Labute approximate surface area is 290 Å². The van der Waals surface area contributed by atoms with Crippen LogP contribution in [0.3, 0.4) is 0 Å². The van der Waals surface area contributed by atoms with Crippen molar-refractivity contribution in [3.8, 4) is 0 Å². The van der Waals surface area contributed by atoms with Gasteiger partial charge in [-0.15, -0.1) is 0 Å². The number of aliphatic hydroxyl groups excluding tert-OH is 1. The summed E-state index contributed by atoms with van der Waals surface area (Å²) in [5, 5.41) is 16.2. The number of hydrogen-bond donors (Lipinski definition) is 3. The first-order chi connectivity index (χ1) is 22.8. The van der Waals surface area contributed by atoms with Gasteiger partial charge in [-0.25, -0.2) is 14.4 Å². The van der Waals surface area contributed by atoms with E-state index in [-0.39, 0.29) is 44.9 Å². The second kappa shape index (κ2) is 17.7. The Morgan fingerprint density at radius 1 is 0.980 bits per heavy atom. The first-order valence-corrected chi connectivity index (χ1v) is 18.7. The van der Waals surface area contributed by atoms with E-state index in [1.165, 1.54) is 11.3 Å². The number of ether oxygens (including phenoxy) is 4. The summed E-state index contributed by atoms with van der Waals surface area (Å²) in [7, 11) is -3.66. The van der Waals surface area contributed by atoms with E-state index in [0.717, 1.165) is 37.7 Å². The van der Waals surface area contributed by atoms with Crippen molar-refractivity contribution in [2.75, 3.05) is 32.6 Å². The average molecular weight is 714 g/mol. The van der Waals surface area contributed by atoms with Gasteiger partial charge in [-0.3, -0.25) is 4.18 Å². The quantitative estimate of drug-likeness (QED) is 0.245. The second-order valence-corrected chi connectivity index (χ2v) is 16.4. The number of aliphatic hydroxyl groups is 1. The van der Waals surface area contributed by atoms with Crippen molar-refractivity contribution in [1.82, 2.24) is 15.5 Å². The molecule has 3 amide bonds. The van der Waals surface area contributed by atoms with Crippen LogP contribution in [-0.2, 0) is 39.9 Å².